The zero-order valence-electron chi connectivity index (χ0n) is 12.3. The van der Waals surface area contributed by atoms with Gasteiger partial charge in [0, 0.05) is 19.5 Å². The van der Waals surface area contributed by atoms with Crippen LogP contribution in [0.4, 0.5) is 0 Å². The summed E-state index contributed by atoms with van der Waals surface area (Å²) in [6.07, 6.45) is 14.5. The topological polar surface area (TPSA) is 20.3 Å². The fourth-order valence-electron chi connectivity index (χ4n) is 4.57. The average Bonchev–Trinajstić information content (AvgIpc) is 2.90. The summed E-state index contributed by atoms with van der Waals surface area (Å²) in [6.45, 7) is 2.16. The number of amides is 1. The molecule has 2 aliphatic carbocycles. The van der Waals surface area contributed by atoms with Crippen LogP contribution in [0.15, 0.2) is 0 Å². The van der Waals surface area contributed by atoms with E-state index in [4.69, 9.17) is 0 Å². The Balaban J connectivity index is 1.43. The molecule has 1 saturated heterocycles. The minimum absolute atomic E-state index is 0.458. The summed E-state index contributed by atoms with van der Waals surface area (Å²) in [4.78, 5) is 14.6. The number of rotatable bonds is 3. The van der Waals surface area contributed by atoms with Crippen molar-refractivity contribution in [3.63, 3.8) is 0 Å². The molecule has 2 atom stereocenters. The molecule has 0 bridgehead atoms. The Labute approximate surface area is 117 Å². The summed E-state index contributed by atoms with van der Waals surface area (Å²) in [5, 5.41) is 0. The van der Waals surface area contributed by atoms with Gasteiger partial charge in [0.1, 0.15) is 0 Å². The van der Waals surface area contributed by atoms with Gasteiger partial charge in [0.05, 0.1) is 0 Å². The van der Waals surface area contributed by atoms with Gasteiger partial charge in [-0.2, -0.15) is 0 Å². The van der Waals surface area contributed by atoms with E-state index in [2.05, 4.69) is 4.90 Å². The van der Waals surface area contributed by atoms with Crippen molar-refractivity contribution in [1.82, 2.24) is 4.90 Å². The van der Waals surface area contributed by atoms with E-state index >= 15 is 0 Å². The minimum Gasteiger partial charge on any atom is -0.342 e. The second-order valence-corrected chi connectivity index (χ2v) is 7.15. The van der Waals surface area contributed by atoms with E-state index in [0.717, 1.165) is 43.7 Å². The fourth-order valence-corrected chi connectivity index (χ4v) is 4.57. The third-order valence-corrected chi connectivity index (χ3v) is 5.82. The molecule has 0 N–H and O–H groups in total. The van der Waals surface area contributed by atoms with Crippen molar-refractivity contribution < 1.29 is 4.79 Å². The number of carbonyl (C=O) groups excluding carboxylic acids is 1. The Bertz CT molecular complexity index is 294. The molecule has 0 aromatic carbocycles. The highest BCUT2D eigenvalue weighted by molar-refractivity contribution is 5.76. The van der Waals surface area contributed by atoms with Gasteiger partial charge in [-0.25, -0.2) is 0 Å². The molecule has 108 valence electrons. The lowest BCUT2D eigenvalue weighted by molar-refractivity contribution is -0.130. The van der Waals surface area contributed by atoms with E-state index in [0.29, 0.717) is 5.91 Å². The van der Waals surface area contributed by atoms with Crippen molar-refractivity contribution in [3.8, 4) is 0 Å². The van der Waals surface area contributed by atoms with Gasteiger partial charge < -0.3 is 4.90 Å². The van der Waals surface area contributed by atoms with E-state index in [1.807, 2.05) is 0 Å². The standard InChI is InChI=1S/C17H29NO/c19-17(11-10-14-6-2-1-3-7-14)18-12-15-8-4-5-9-16(15)13-18/h14-16H,1-13H2. The van der Waals surface area contributed by atoms with Crippen LogP contribution in [0.5, 0.6) is 0 Å². The van der Waals surface area contributed by atoms with E-state index in [1.54, 1.807) is 0 Å². The van der Waals surface area contributed by atoms with Crippen molar-refractivity contribution in [1.29, 1.82) is 0 Å². The van der Waals surface area contributed by atoms with Crippen molar-refractivity contribution >= 4 is 5.91 Å². The SMILES string of the molecule is O=C(CCC1CCCCC1)N1CC2CCCCC2C1. The second kappa shape index (κ2) is 6.28. The van der Waals surface area contributed by atoms with Crippen molar-refractivity contribution in [3.05, 3.63) is 0 Å². The van der Waals surface area contributed by atoms with Crippen LogP contribution in [0.1, 0.15) is 70.6 Å². The fraction of sp³-hybridized carbons (Fsp3) is 0.941. The van der Waals surface area contributed by atoms with E-state index in [1.165, 1.54) is 57.8 Å². The van der Waals surface area contributed by atoms with Gasteiger partial charge in [0.25, 0.3) is 0 Å². The molecule has 3 aliphatic rings. The van der Waals surface area contributed by atoms with E-state index in [-0.39, 0.29) is 0 Å². The summed E-state index contributed by atoms with van der Waals surface area (Å²) in [5.74, 6) is 2.99. The molecule has 2 saturated carbocycles. The normalized spacial score (nSPS) is 32.3. The van der Waals surface area contributed by atoms with Gasteiger partial charge in [-0.15, -0.1) is 0 Å². The van der Waals surface area contributed by atoms with Crippen LogP contribution in [-0.2, 0) is 4.79 Å². The average molecular weight is 263 g/mol. The number of carbonyl (C=O) groups is 1. The monoisotopic (exact) mass is 263 g/mol. The molecule has 1 amide bonds. The molecule has 3 rings (SSSR count). The minimum atomic E-state index is 0.458. The number of likely N-dealkylation sites (tertiary alicyclic amines) is 1. The molecule has 0 radical (unpaired) electrons. The van der Waals surface area contributed by atoms with Crippen LogP contribution in [0, 0.1) is 17.8 Å². The predicted octanol–water partition coefficient (Wildman–Crippen LogP) is 4.00. The van der Waals surface area contributed by atoms with Crippen LogP contribution in [-0.4, -0.2) is 23.9 Å². The zero-order valence-corrected chi connectivity index (χ0v) is 12.3. The highest BCUT2D eigenvalue weighted by atomic mass is 16.2. The third-order valence-electron chi connectivity index (χ3n) is 5.82. The largest absolute Gasteiger partial charge is 0.342 e. The summed E-state index contributed by atoms with van der Waals surface area (Å²) in [7, 11) is 0. The van der Waals surface area contributed by atoms with Gasteiger partial charge >= 0.3 is 0 Å². The molecular weight excluding hydrogens is 234 g/mol. The first-order chi connectivity index (χ1) is 9.33. The molecule has 2 unspecified atom stereocenters. The van der Waals surface area contributed by atoms with Crippen LogP contribution in [0.3, 0.4) is 0 Å². The lowest BCUT2D eigenvalue weighted by atomic mass is 9.82. The van der Waals surface area contributed by atoms with Gasteiger partial charge in [0.2, 0.25) is 5.91 Å². The Morgan fingerprint density at radius 3 is 2.05 bits per heavy atom. The summed E-state index contributed by atoms with van der Waals surface area (Å²) in [5.41, 5.74) is 0. The van der Waals surface area contributed by atoms with Crippen molar-refractivity contribution in [2.75, 3.05) is 13.1 Å². The third kappa shape index (κ3) is 3.32. The van der Waals surface area contributed by atoms with Crippen molar-refractivity contribution in [2.45, 2.75) is 70.6 Å². The maximum atomic E-state index is 12.4. The molecule has 0 aromatic rings. The molecular formula is C17H29NO. The van der Waals surface area contributed by atoms with Gasteiger partial charge in [-0.3, -0.25) is 4.79 Å². The smallest absolute Gasteiger partial charge is 0.222 e. The van der Waals surface area contributed by atoms with Crippen LogP contribution < -0.4 is 0 Å². The first kappa shape index (κ1) is 13.5. The molecule has 2 nitrogen and oxygen atoms in total. The van der Waals surface area contributed by atoms with Crippen LogP contribution in [0.2, 0.25) is 0 Å². The summed E-state index contributed by atoms with van der Waals surface area (Å²) >= 11 is 0. The Morgan fingerprint density at radius 1 is 0.842 bits per heavy atom. The quantitative estimate of drug-likeness (QED) is 0.754. The number of hydrogen-bond acceptors (Lipinski definition) is 1. The highest BCUT2D eigenvalue weighted by Gasteiger charge is 2.36. The molecule has 1 aliphatic heterocycles. The van der Waals surface area contributed by atoms with Gasteiger partial charge in [-0.05, 0) is 37.0 Å². The maximum Gasteiger partial charge on any atom is 0.222 e. The molecule has 0 aromatic heterocycles. The number of fused-ring (bicyclic) bond motifs is 1. The summed E-state index contributed by atoms with van der Waals surface area (Å²) < 4.78 is 0. The maximum absolute atomic E-state index is 12.4. The lowest BCUT2D eigenvalue weighted by Gasteiger charge is -2.22. The molecule has 3 fully saturated rings. The highest BCUT2D eigenvalue weighted by Crippen LogP contribution is 2.36. The Hall–Kier alpha value is -0.530. The number of nitrogens with zero attached hydrogens (tertiary/aromatic N) is 1. The Morgan fingerprint density at radius 2 is 1.42 bits per heavy atom. The van der Waals surface area contributed by atoms with E-state index < -0.39 is 0 Å². The molecule has 1 heterocycles. The second-order valence-electron chi connectivity index (χ2n) is 7.15. The number of hydrogen-bond donors (Lipinski definition) is 0. The van der Waals surface area contributed by atoms with Crippen LogP contribution in [0.25, 0.3) is 0 Å². The zero-order chi connectivity index (χ0) is 13.1. The first-order valence-electron chi connectivity index (χ1n) is 8.60. The predicted molar refractivity (Wildman–Crippen MR) is 77.8 cm³/mol. The van der Waals surface area contributed by atoms with Gasteiger partial charge in [0.15, 0.2) is 0 Å². The molecule has 19 heavy (non-hydrogen) atoms. The Kier molecular flexibility index (Phi) is 4.45. The molecule has 0 spiro atoms. The summed E-state index contributed by atoms with van der Waals surface area (Å²) in [6, 6.07) is 0. The lowest BCUT2D eigenvalue weighted by Crippen LogP contribution is -2.29. The van der Waals surface area contributed by atoms with Crippen LogP contribution >= 0.6 is 0 Å². The molecule has 2 heteroatoms. The first-order valence-corrected chi connectivity index (χ1v) is 8.60. The van der Waals surface area contributed by atoms with Crippen molar-refractivity contribution in [2.24, 2.45) is 17.8 Å². The van der Waals surface area contributed by atoms with Gasteiger partial charge in [-0.1, -0.05) is 44.9 Å². The van der Waals surface area contributed by atoms with E-state index in [9.17, 15) is 4.79 Å².